The summed E-state index contributed by atoms with van der Waals surface area (Å²) >= 11 is 0. The Morgan fingerprint density at radius 1 is 0.900 bits per heavy atom. The topological polar surface area (TPSA) is 52.0 Å². The molecule has 4 nitrogen and oxygen atoms in total. The largest absolute Gasteiger partial charge is 0.327 e. The second-order valence-electron chi connectivity index (χ2n) is 7.96. The maximum absolute atomic E-state index is 13.4. The van der Waals surface area contributed by atoms with Crippen LogP contribution in [0.25, 0.3) is 11.0 Å². The molecule has 4 heteroatoms. The number of pyridine rings is 2. The molecule has 0 amide bonds. The van der Waals surface area contributed by atoms with Crippen LogP contribution in [-0.4, -0.2) is 15.3 Å². The molecule has 2 aromatic heterocycles. The van der Waals surface area contributed by atoms with Crippen LogP contribution in [0.5, 0.6) is 0 Å². The smallest absolute Gasteiger partial charge is 0.202 e. The SMILES string of the molecule is Cc1cccc(Cn2cc(C(=O)c3cc(C)ccc3C)c(=O)c3ccc(C)nc32)c1. The van der Waals surface area contributed by atoms with E-state index in [0.29, 0.717) is 23.1 Å². The summed E-state index contributed by atoms with van der Waals surface area (Å²) in [6, 6.07) is 17.5. The van der Waals surface area contributed by atoms with Gasteiger partial charge < -0.3 is 4.57 Å². The van der Waals surface area contributed by atoms with Gasteiger partial charge in [-0.3, -0.25) is 9.59 Å². The van der Waals surface area contributed by atoms with Crippen molar-refractivity contribution < 1.29 is 4.79 Å². The molecular formula is C26H24N2O2. The molecule has 2 heterocycles. The van der Waals surface area contributed by atoms with Gasteiger partial charge in [-0.25, -0.2) is 4.98 Å². The van der Waals surface area contributed by atoms with Gasteiger partial charge in [0.15, 0.2) is 5.78 Å². The molecule has 0 saturated carbocycles. The molecule has 0 N–H and O–H groups in total. The number of fused-ring (bicyclic) bond motifs is 1. The van der Waals surface area contributed by atoms with Crippen LogP contribution >= 0.6 is 0 Å². The van der Waals surface area contributed by atoms with Crippen molar-refractivity contribution in [2.75, 3.05) is 0 Å². The lowest BCUT2D eigenvalue weighted by Crippen LogP contribution is -2.21. The van der Waals surface area contributed by atoms with E-state index in [1.165, 1.54) is 0 Å². The summed E-state index contributed by atoms with van der Waals surface area (Å²) in [5, 5.41) is 0.462. The minimum atomic E-state index is -0.274. The lowest BCUT2D eigenvalue weighted by atomic mass is 9.97. The average molecular weight is 396 g/mol. The van der Waals surface area contributed by atoms with Crippen LogP contribution < -0.4 is 5.43 Å². The Labute approximate surface area is 175 Å². The third-order valence-corrected chi connectivity index (χ3v) is 5.38. The lowest BCUT2D eigenvalue weighted by Gasteiger charge is -2.14. The first-order chi connectivity index (χ1) is 14.3. The molecule has 0 atom stereocenters. The molecular weight excluding hydrogens is 372 g/mol. The first-order valence-corrected chi connectivity index (χ1v) is 10.0. The number of hydrogen-bond acceptors (Lipinski definition) is 3. The van der Waals surface area contributed by atoms with Crippen LogP contribution in [0.3, 0.4) is 0 Å². The van der Waals surface area contributed by atoms with Crippen molar-refractivity contribution in [2.24, 2.45) is 0 Å². The normalized spacial score (nSPS) is 11.1. The van der Waals surface area contributed by atoms with E-state index in [1.54, 1.807) is 12.3 Å². The first kappa shape index (κ1) is 19.8. The Hall–Kier alpha value is -3.53. The summed E-state index contributed by atoms with van der Waals surface area (Å²) in [7, 11) is 0. The number of aromatic nitrogens is 2. The van der Waals surface area contributed by atoms with Crippen molar-refractivity contribution in [1.82, 2.24) is 9.55 Å². The van der Waals surface area contributed by atoms with Crippen molar-refractivity contribution in [1.29, 1.82) is 0 Å². The van der Waals surface area contributed by atoms with Crippen molar-refractivity contribution in [3.05, 3.63) is 110 Å². The van der Waals surface area contributed by atoms with Crippen molar-refractivity contribution in [3.63, 3.8) is 0 Å². The monoisotopic (exact) mass is 396 g/mol. The number of nitrogens with zero attached hydrogens (tertiary/aromatic N) is 2. The highest BCUT2D eigenvalue weighted by molar-refractivity contribution is 6.10. The maximum Gasteiger partial charge on any atom is 0.202 e. The van der Waals surface area contributed by atoms with Gasteiger partial charge in [0, 0.05) is 24.0 Å². The fourth-order valence-electron chi connectivity index (χ4n) is 3.77. The zero-order valence-electron chi connectivity index (χ0n) is 17.7. The van der Waals surface area contributed by atoms with E-state index >= 15 is 0 Å². The van der Waals surface area contributed by atoms with E-state index in [2.05, 4.69) is 11.1 Å². The standard InChI is InChI=1S/C26H24N2O2/c1-16-6-5-7-20(12-16)14-28-15-23(24(29)21-11-10-19(4)27-26(21)28)25(30)22-13-17(2)8-9-18(22)3/h5-13,15H,14H2,1-4H3. The Morgan fingerprint density at radius 3 is 2.43 bits per heavy atom. The molecule has 30 heavy (non-hydrogen) atoms. The molecule has 0 aliphatic heterocycles. The highest BCUT2D eigenvalue weighted by Gasteiger charge is 2.19. The van der Waals surface area contributed by atoms with Crippen molar-refractivity contribution in [3.8, 4) is 0 Å². The molecule has 150 valence electrons. The van der Waals surface area contributed by atoms with Crippen LogP contribution in [0.4, 0.5) is 0 Å². The van der Waals surface area contributed by atoms with E-state index in [0.717, 1.165) is 27.9 Å². The van der Waals surface area contributed by atoms with Crippen LogP contribution in [0, 0.1) is 27.7 Å². The quantitative estimate of drug-likeness (QED) is 0.461. The van der Waals surface area contributed by atoms with Crippen LogP contribution in [0.1, 0.15) is 43.9 Å². The zero-order valence-corrected chi connectivity index (χ0v) is 17.7. The summed E-state index contributed by atoms with van der Waals surface area (Å²) in [6.45, 7) is 8.31. The Morgan fingerprint density at radius 2 is 1.67 bits per heavy atom. The molecule has 0 fully saturated rings. The number of aryl methyl sites for hydroxylation is 4. The number of carbonyl (C=O) groups is 1. The highest BCUT2D eigenvalue weighted by atomic mass is 16.1. The highest BCUT2D eigenvalue weighted by Crippen LogP contribution is 2.18. The van der Waals surface area contributed by atoms with E-state index in [4.69, 9.17) is 0 Å². The molecule has 4 rings (SSSR count). The number of carbonyl (C=O) groups excluding carboxylic acids is 1. The lowest BCUT2D eigenvalue weighted by molar-refractivity contribution is 0.103. The molecule has 0 radical (unpaired) electrons. The van der Waals surface area contributed by atoms with Crippen LogP contribution in [0.2, 0.25) is 0 Å². The van der Waals surface area contributed by atoms with Gasteiger partial charge in [-0.2, -0.15) is 0 Å². The third kappa shape index (κ3) is 3.69. The molecule has 0 unspecified atom stereocenters. The molecule has 2 aromatic carbocycles. The molecule has 0 spiro atoms. The Kier molecular flexibility index (Phi) is 5.08. The summed E-state index contributed by atoms with van der Waals surface area (Å²) in [4.78, 5) is 31.2. The fourth-order valence-corrected chi connectivity index (χ4v) is 3.77. The second-order valence-corrected chi connectivity index (χ2v) is 7.96. The van der Waals surface area contributed by atoms with Crippen LogP contribution in [0.15, 0.2) is 65.6 Å². The predicted molar refractivity (Wildman–Crippen MR) is 120 cm³/mol. The minimum absolute atomic E-state index is 0.175. The minimum Gasteiger partial charge on any atom is -0.327 e. The summed E-state index contributed by atoms with van der Waals surface area (Å²) in [5.74, 6) is -0.248. The van der Waals surface area contributed by atoms with Crippen LogP contribution in [-0.2, 0) is 6.54 Å². The Bertz CT molecular complexity index is 1350. The predicted octanol–water partition coefficient (Wildman–Crippen LogP) is 4.91. The van der Waals surface area contributed by atoms with Gasteiger partial charge in [0.05, 0.1) is 10.9 Å². The van der Waals surface area contributed by atoms with Gasteiger partial charge in [-0.1, -0.05) is 47.5 Å². The number of ketones is 1. The molecule has 0 saturated heterocycles. The Balaban J connectivity index is 1.94. The summed E-state index contributed by atoms with van der Waals surface area (Å²) in [6.07, 6.45) is 1.67. The molecule has 4 aromatic rings. The van der Waals surface area contributed by atoms with E-state index in [9.17, 15) is 9.59 Å². The summed E-state index contributed by atoms with van der Waals surface area (Å²) in [5.41, 5.74) is 5.99. The average Bonchev–Trinajstić information content (AvgIpc) is 2.71. The van der Waals surface area contributed by atoms with Gasteiger partial charge in [0.2, 0.25) is 5.43 Å². The molecule has 0 aliphatic carbocycles. The first-order valence-electron chi connectivity index (χ1n) is 10.0. The zero-order chi connectivity index (χ0) is 21.4. The van der Waals surface area contributed by atoms with Crippen molar-refractivity contribution >= 4 is 16.8 Å². The second kappa shape index (κ2) is 7.71. The third-order valence-electron chi connectivity index (χ3n) is 5.38. The fraction of sp³-hybridized carbons (Fsp3) is 0.192. The van der Waals surface area contributed by atoms with Gasteiger partial charge >= 0.3 is 0 Å². The van der Waals surface area contributed by atoms with E-state index < -0.39 is 0 Å². The van der Waals surface area contributed by atoms with Gasteiger partial charge in [-0.05, 0) is 57.0 Å². The maximum atomic E-state index is 13.4. The number of rotatable bonds is 4. The van der Waals surface area contributed by atoms with E-state index in [1.807, 2.05) is 74.7 Å². The van der Waals surface area contributed by atoms with Gasteiger partial charge in [-0.15, -0.1) is 0 Å². The van der Waals surface area contributed by atoms with Gasteiger partial charge in [0.1, 0.15) is 5.65 Å². The molecule has 0 bridgehead atoms. The van der Waals surface area contributed by atoms with Gasteiger partial charge in [0.25, 0.3) is 0 Å². The van der Waals surface area contributed by atoms with Crippen molar-refractivity contribution in [2.45, 2.75) is 34.2 Å². The number of hydrogen-bond donors (Lipinski definition) is 0. The number of benzene rings is 2. The summed E-state index contributed by atoms with van der Waals surface area (Å²) < 4.78 is 1.91. The molecule has 0 aliphatic rings. The van der Waals surface area contributed by atoms with E-state index in [-0.39, 0.29) is 16.8 Å².